The van der Waals surface area contributed by atoms with E-state index in [1.54, 1.807) is 31.4 Å². The zero-order chi connectivity index (χ0) is 17.5. The second-order valence-corrected chi connectivity index (χ2v) is 5.43. The van der Waals surface area contributed by atoms with Gasteiger partial charge in [0.15, 0.2) is 6.61 Å². The van der Waals surface area contributed by atoms with E-state index in [9.17, 15) is 9.90 Å². The quantitative estimate of drug-likeness (QED) is 0.605. The third-order valence-corrected chi connectivity index (χ3v) is 3.39. The summed E-state index contributed by atoms with van der Waals surface area (Å²) in [6.07, 6.45) is 1.23. The van der Waals surface area contributed by atoms with E-state index in [0.29, 0.717) is 16.5 Å². The zero-order valence-corrected chi connectivity index (χ0v) is 14.1. The highest BCUT2D eigenvalue weighted by Crippen LogP contribution is 2.29. The molecule has 0 aliphatic carbocycles. The number of nitrogens with zero attached hydrogens (tertiary/aromatic N) is 1. The van der Waals surface area contributed by atoms with Gasteiger partial charge in [-0.05, 0) is 36.4 Å². The van der Waals surface area contributed by atoms with Crippen molar-refractivity contribution in [2.75, 3.05) is 13.7 Å². The average Bonchev–Trinajstić information content (AvgIpc) is 2.57. The smallest absolute Gasteiger partial charge is 0.277 e. The van der Waals surface area contributed by atoms with Crippen molar-refractivity contribution in [2.24, 2.45) is 5.10 Å². The van der Waals surface area contributed by atoms with E-state index in [1.807, 2.05) is 0 Å². The van der Waals surface area contributed by atoms with Crippen molar-refractivity contribution in [3.05, 3.63) is 52.0 Å². The summed E-state index contributed by atoms with van der Waals surface area (Å²) in [5.74, 6) is 0.578. The largest absolute Gasteiger partial charge is 0.506 e. The summed E-state index contributed by atoms with van der Waals surface area (Å²) in [7, 11) is 1.56. The minimum absolute atomic E-state index is 0.0955. The number of phenolic OH excluding ortho intramolecular Hbond substituents is 1. The first kappa shape index (κ1) is 17.9. The van der Waals surface area contributed by atoms with Crippen LogP contribution in [0.15, 0.2) is 41.5 Å². The van der Waals surface area contributed by atoms with Gasteiger partial charge in [-0.25, -0.2) is 5.43 Å². The first-order valence-corrected chi connectivity index (χ1v) is 7.52. The molecule has 0 aliphatic heterocycles. The van der Waals surface area contributed by atoms with Gasteiger partial charge in [0.1, 0.15) is 17.2 Å². The number of rotatable bonds is 6. The number of methoxy groups -OCH3 is 1. The highest BCUT2D eigenvalue weighted by Gasteiger charge is 2.06. The Labute approximate surface area is 148 Å². The van der Waals surface area contributed by atoms with Crippen molar-refractivity contribution in [3.8, 4) is 17.2 Å². The van der Waals surface area contributed by atoms with Crippen LogP contribution >= 0.6 is 23.2 Å². The number of carbonyl (C=O) groups excluding carboxylic acids is 1. The molecule has 0 spiro atoms. The molecule has 0 unspecified atom stereocenters. The van der Waals surface area contributed by atoms with E-state index in [2.05, 4.69) is 10.5 Å². The molecule has 2 rings (SSSR count). The van der Waals surface area contributed by atoms with E-state index >= 15 is 0 Å². The van der Waals surface area contributed by atoms with Gasteiger partial charge in [-0.1, -0.05) is 23.2 Å². The highest BCUT2D eigenvalue weighted by molar-refractivity contribution is 6.36. The third-order valence-electron chi connectivity index (χ3n) is 2.88. The first-order chi connectivity index (χ1) is 11.5. The molecule has 0 atom stereocenters. The molecule has 126 valence electrons. The monoisotopic (exact) mass is 368 g/mol. The third kappa shape index (κ3) is 5.04. The van der Waals surface area contributed by atoms with E-state index in [-0.39, 0.29) is 22.9 Å². The van der Waals surface area contributed by atoms with Gasteiger partial charge < -0.3 is 14.6 Å². The molecule has 0 aliphatic rings. The van der Waals surface area contributed by atoms with Gasteiger partial charge in [-0.15, -0.1) is 0 Å². The van der Waals surface area contributed by atoms with Crippen molar-refractivity contribution in [1.82, 2.24) is 5.43 Å². The van der Waals surface area contributed by atoms with Crippen molar-refractivity contribution in [2.45, 2.75) is 0 Å². The number of amides is 1. The standard InChI is InChI=1S/C16H14Cl2N2O4/c1-23-12-2-4-13(5-3-12)24-9-15(21)20-19-8-10-6-11(17)7-14(18)16(10)22/h2-8,22H,9H2,1H3,(H,20,21). The maximum Gasteiger partial charge on any atom is 0.277 e. The minimum Gasteiger partial charge on any atom is -0.506 e. The van der Waals surface area contributed by atoms with Crippen LogP contribution in [0.3, 0.4) is 0 Å². The van der Waals surface area contributed by atoms with Gasteiger partial charge in [0.25, 0.3) is 5.91 Å². The summed E-state index contributed by atoms with van der Waals surface area (Å²) in [5, 5.41) is 13.9. The Bertz CT molecular complexity index is 748. The Morgan fingerprint density at radius 3 is 2.58 bits per heavy atom. The van der Waals surface area contributed by atoms with Crippen LogP contribution in [0.25, 0.3) is 0 Å². The van der Waals surface area contributed by atoms with Crippen molar-refractivity contribution >= 4 is 35.3 Å². The summed E-state index contributed by atoms with van der Waals surface area (Å²) in [5.41, 5.74) is 2.55. The molecule has 0 radical (unpaired) electrons. The molecule has 8 heteroatoms. The zero-order valence-electron chi connectivity index (χ0n) is 12.6. The molecule has 2 aromatic carbocycles. The Hall–Kier alpha value is -2.44. The Morgan fingerprint density at radius 2 is 1.92 bits per heavy atom. The van der Waals surface area contributed by atoms with Crippen LogP contribution in [0, 0.1) is 0 Å². The predicted molar refractivity (Wildman–Crippen MR) is 92.4 cm³/mol. The van der Waals surface area contributed by atoms with Crippen molar-refractivity contribution in [3.63, 3.8) is 0 Å². The lowest BCUT2D eigenvalue weighted by molar-refractivity contribution is -0.123. The van der Waals surface area contributed by atoms with Crippen LogP contribution in [-0.2, 0) is 4.79 Å². The van der Waals surface area contributed by atoms with Gasteiger partial charge in [-0.2, -0.15) is 5.10 Å². The van der Waals surface area contributed by atoms with Crippen LogP contribution in [0.4, 0.5) is 0 Å². The lowest BCUT2D eigenvalue weighted by atomic mass is 10.2. The van der Waals surface area contributed by atoms with Crippen LogP contribution < -0.4 is 14.9 Å². The van der Waals surface area contributed by atoms with Gasteiger partial charge in [0, 0.05) is 10.6 Å². The number of hydrazone groups is 1. The fraction of sp³-hybridized carbons (Fsp3) is 0.125. The normalized spacial score (nSPS) is 10.6. The Morgan fingerprint density at radius 1 is 1.25 bits per heavy atom. The van der Waals surface area contributed by atoms with E-state index in [1.165, 1.54) is 18.3 Å². The number of carbonyl (C=O) groups is 1. The molecular formula is C16H14Cl2N2O4. The SMILES string of the molecule is COc1ccc(OCC(=O)NN=Cc2cc(Cl)cc(Cl)c2O)cc1. The summed E-state index contributed by atoms with van der Waals surface area (Å²) in [4.78, 5) is 11.7. The fourth-order valence-electron chi connectivity index (χ4n) is 1.71. The molecule has 0 fully saturated rings. The lowest BCUT2D eigenvalue weighted by Gasteiger charge is -2.06. The maximum atomic E-state index is 11.7. The molecule has 24 heavy (non-hydrogen) atoms. The number of ether oxygens (including phenoxy) is 2. The fourth-order valence-corrected chi connectivity index (χ4v) is 2.22. The minimum atomic E-state index is -0.463. The predicted octanol–water partition coefficient (Wildman–Crippen LogP) is 3.24. The second-order valence-electron chi connectivity index (χ2n) is 4.58. The number of nitrogens with one attached hydrogen (secondary N) is 1. The number of aromatic hydroxyl groups is 1. The van der Waals surface area contributed by atoms with E-state index in [0.717, 1.165) is 0 Å². The number of hydrogen-bond donors (Lipinski definition) is 2. The van der Waals surface area contributed by atoms with Gasteiger partial charge in [0.05, 0.1) is 18.3 Å². The Kier molecular flexibility index (Phi) is 6.28. The highest BCUT2D eigenvalue weighted by atomic mass is 35.5. The molecule has 2 N–H and O–H groups in total. The Balaban J connectivity index is 1.86. The molecule has 1 amide bonds. The van der Waals surface area contributed by atoms with Crippen LogP contribution in [0.2, 0.25) is 10.0 Å². The number of benzene rings is 2. The van der Waals surface area contributed by atoms with Gasteiger partial charge >= 0.3 is 0 Å². The molecule has 0 saturated carbocycles. The maximum absolute atomic E-state index is 11.7. The van der Waals surface area contributed by atoms with Crippen LogP contribution in [0.1, 0.15) is 5.56 Å². The molecular weight excluding hydrogens is 355 g/mol. The molecule has 0 aromatic heterocycles. The van der Waals surface area contributed by atoms with Gasteiger partial charge in [-0.3, -0.25) is 4.79 Å². The molecule has 0 saturated heterocycles. The summed E-state index contributed by atoms with van der Waals surface area (Å²) in [6, 6.07) is 9.67. The van der Waals surface area contributed by atoms with Crippen molar-refractivity contribution < 1.29 is 19.4 Å². The van der Waals surface area contributed by atoms with Crippen LogP contribution in [-0.4, -0.2) is 30.9 Å². The molecule has 0 heterocycles. The lowest BCUT2D eigenvalue weighted by Crippen LogP contribution is -2.24. The van der Waals surface area contributed by atoms with E-state index < -0.39 is 5.91 Å². The number of phenols is 1. The van der Waals surface area contributed by atoms with Crippen molar-refractivity contribution in [1.29, 1.82) is 0 Å². The summed E-state index contributed by atoms with van der Waals surface area (Å²) >= 11 is 11.6. The summed E-state index contributed by atoms with van der Waals surface area (Å²) in [6.45, 7) is -0.216. The number of hydrogen-bond acceptors (Lipinski definition) is 5. The first-order valence-electron chi connectivity index (χ1n) is 6.76. The molecule has 6 nitrogen and oxygen atoms in total. The number of halogens is 2. The van der Waals surface area contributed by atoms with Crippen LogP contribution in [0.5, 0.6) is 17.2 Å². The van der Waals surface area contributed by atoms with E-state index in [4.69, 9.17) is 32.7 Å². The van der Waals surface area contributed by atoms with Gasteiger partial charge in [0.2, 0.25) is 0 Å². The average molecular weight is 369 g/mol. The molecule has 0 bridgehead atoms. The second kappa shape index (κ2) is 8.42. The molecule has 2 aromatic rings. The summed E-state index contributed by atoms with van der Waals surface area (Å²) < 4.78 is 10.3. The topological polar surface area (TPSA) is 80.2 Å².